The van der Waals surface area contributed by atoms with Crippen molar-refractivity contribution in [2.24, 2.45) is 11.8 Å². The predicted molar refractivity (Wildman–Crippen MR) is 61.8 cm³/mol. The van der Waals surface area contributed by atoms with Crippen LogP contribution in [0.15, 0.2) is 4.42 Å². The Balaban J connectivity index is 1.78. The van der Waals surface area contributed by atoms with E-state index < -0.39 is 0 Å². The first-order chi connectivity index (χ1) is 7.65. The van der Waals surface area contributed by atoms with Gasteiger partial charge >= 0.3 is 0 Å². The highest BCUT2D eigenvalue weighted by Gasteiger charge is 2.24. The Morgan fingerprint density at radius 3 is 2.69 bits per heavy atom. The summed E-state index contributed by atoms with van der Waals surface area (Å²) < 4.78 is 5.34. The van der Waals surface area contributed by atoms with Gasteiger partial charge < -0.3 is 9.73 Å². The number of nitrogens with zero attached hydrogens (tertiary/aromatic N) is 2. The van der Waals surface area contributed by atoms with Crippen LogP contribution in [-0.2, 0) is 6.54 Å². The highest BCUT2D eigenvalue weighted by Crippen LogP contribution is 2.29. The third kappa shape index (κ3) is 2.82. The summed E-state index contributed by atoms with van der Waals surface area (Å²) in [6.07, 6.45) is 3.84. The van der Waals surface area contributed by atoms with E-state index in [0.29, 0.717) is 24.4 Å². The van der Waals surface area contributed by atoms with E-state index in [2.05, 4.69) is 29.4 Å². The van der Waals surface area contributed by atoms with E-state index in [1.54, 1.807) is 0 Å². The first-order valence-electron chi connectivity index (χ1n) is 6.17. The summed E-state index contributed by atoms with van der Waals surface area (Å²) in [6.45, 7) is 7.21. The molecule has 0 saturated heterocycles. The molecule has 3 unspecified atom stereocenters. The minimum Gasteiger partial charge on any atom is -0.424 e. The molecule has 1 N–H and O–H groups in total. The highest BCUT2D eigenvalue weighted by molar-refractivity contribution is 4.83. The lowest BCUT2D eigenvalue weighted by Crippen LogP contribution is -2.35. The fourth-order valence-corrected chi connectivity index (χ4v) is 2.37. The van der Waals surface area contributed by atoms with E-state index in [1.807, 2.05) is 6.92 Å². The summed E-state index contributed by atoms with van der Waals surface area (Å²) in [5.41, 5.74) is 0. The molecule has 1 aliphatic rings. The zero-order chi connectivity index (χ0) is 11.5. The molecule has 1 saturated carbocycles. The Hall–Kier alpha value is -0.900. The maximum absolute atomic E-state index is 5.34. The van der Waals surface area contributed by atoms with Gasteiger partial charge in [0.15, 0.2) is 0 Å². The molecular formula is C12H21N3O. The van der Waals surface area contributed by atoms with Crippen LogP contribution in [0.3, 0.4) is 0 Å². The quantitative estimate of drug-likeness (QED) is 0.854. The van der Waals surface area contributed by atoms with E-state index >= 15 is 0 Å². The lowest BCUT2D eigenvalue weighted by atomic mass is 9.79. The summed E-state index contributed by atoms with van der Waals surface area (Å²) in [6, 6.07) is 0.610. The maximum Gasteiger partial charge on any atom is 0.230 e. The second-order valence-corrected chi connectivity index (χ2v) is 5.06. The lowest BCUT2D eigenvalue weighted by Gasteiger charge is -2.32. The molecule has 0 bridgehead atoms. The fourth-order valence-electron chi connectivity index (χ4n) is 2.37. The number of hydrogen-bond acceptors (Lipinski definition) is 4. The molecule has 1 aliphatic carbocycles. The largest absolute Gasteiger partial charge is 0.424 e. The van der Waals surface area contributed by atoms with Crippen molar-refractivity contribution in [3.05, 3.63) is 11.8 Å². The van der Waals surface area contributed by atoms with Crippen molar-refractivity contribution in [3.8, 4) is 0 Å². The first-order valence-corrected chi connectivity index (χ1v) is 6.17. The summed E-state index contributed by atoms with van der Waals surface area (Å²) in [5, 5.41) is 11.3. The van der Waals surface area contributed by atoms with Gasteiger partial charge in [-0.05, 0) is 31.1 Å². The van der Waals surface area contributed by atoms with E-state index in [1.165, 1.54) is 19.3 Å². The van der Waals surface area contributed by atoms with Gasteiger partial charge in [-0.2, -0.15) is 0 Å². The zero-order valence-electron chi connectivity index (χ0n) is 10.4. The third-order valence-corrected chi connectivity index (χ3v) is 3.71. The van der Waals surface area contributed by atoms with Crippen molar-refractivity contribution in [1.29, 1.82) is 0 Å². The third-order valence-electron chi connectivity index (χ3n) is 3.71. The molecule has 0 radical (unpaired) electrons. The Morgan fingerprint density at radius 2 is 2.06 bits per heavy atom. The van der Waals surface area contributed by atoms with Gasteiger partial charge in [-0.25, -0.2) is 0 Å². The van der Waals surface area contributed by atoms with Crippen LogP contribution in [-0.4, -0.2) is 16.2 Å². The SMILES string of the molecule is Cc1nnc(CNC2CCC(C)C(C)C2)o1. The number of aromatic nitrogens is 2. The Bertz CT molecular complexity index is 337. The molecule has 1 aromatic heterocycles. The molecule has 0 spiro atoms. The highest BCUT2D eigenvalue weighted by atomic mass is 16.4. The summed E-state index contributed by atoms with van der Waals surface area (Å²) in [5.74, 6) is 3.02. The van der Waals surface area contributed by atoms with Gasteiger partial charge in [0.1, 0.15) is 0 Å². The second-order valence-electron chi connectivity index (χ2n) is 5.06. The fraction of sp³-hybridized carbons (Fsp3) is 0.833. The van der Waals surface area contributed by atoms with Crippen LogP contribution in [0.1, 0.15) is 44.9 Å². The van der Waals surface area contributed by atoms with Crippen LogP contribution in [0, 0.1) is 18.8 Å². The second kappa shape index (κ2) is 4.95. The molecule has 3 atom stereocenters. The van der Waals surface area contributed by atoms with Crippen LogP contribution in [0.25, 0.3) is 0 Å². The number of rotatable bonds is 3. The van der Waals surface area contributed by atoms with Crippen molar-refractivity contribution >= 4 is 0 Å². The van der Waals surface area contributed by atoms with Crippen LogP contribution in [0.5, 0.6) is 0 Å². The standard InChI is InChI=1S/C12H21N3O/c1-8-4-5-11(6-9(8)2)13-7-12-15-14-10(3)16-12/h8-9,11,13H,4-7H2,1-3H3. The Morgan fingerprint density at radius 1 is 1.25 bits per heavy atom. The molecule has 2 rings (SSSR count). The maximum atomic E-state index is 5.34. The molecule has 0 aliphatic heterocycles. The molecular weight excluding hydrogens is 202 g/mol. The van der Waals surface area contributed by atoms with Gasteiger partial charge in [-0.1, -0.05) is 13.8 Å². The molecule has 1 fully saturated rings. The van der Waals surface area contributed by atoms with E-state index in [0.717, 1.165) is 11.8 Å². The minimum absolute atomic E-state index is 0.610. The number of hydrogen-bond donors (Lipinski definition) is 1. The normalized spacial score (nSPS) is 30.6. The van der Waals surface area contributed by atoms with Crippen LogP contribution in [0.4, 0.5) is 0 Å². The van der Waals surface area contributed by atoms with Crippen molar-refractivity contribution in [3.63, 3.8) is 0 Å². The van der Waals surface area contributed by atoms with Gasteiger partial charge in [0, 0.05) is 13.0 Å². The number of nitrogens with one attached hydrogen (secondary N) is 1. The molecule has 0 aromatic carbocycles. The molecule has 1 aromatic rings. The molecule has 90 valence electrons. The number of aryl methyl sites for hydroxylation is 1. The lowest BCUT2D eigenvalue weighted by molar-refractivity contribution is 0.222. The predicted octanol–water partition coefficient (Wildman–Crippen LogP) is 2.29. The average Bonchev–Trinajstić information content (AvgIpc) is 2.66. The van der Waals surface area contributed by atoms with Gasteiger partial charge in [-0.15, -0.1) is 10.2 Å². The van der Waals surface area contributed by atoms with Crippen molar-refractivity contribution in [2.75, 3.05) is 0 Å². The topological polar surface area (TPSA) is 51.0 Å². The van der Waals surface area contributed by atoms with E-state index in [4.69, 9.17) is 4.42 Å². The summed E-state index contributed by atoms with van der Waals surface area (Å²) >= 11 is 0. The Kier molecular flexibility index (Phi) is 3.59. The monoisotopic (exact) mass is 223 g/mol. The molecule has 0 amide bonds. The smallest absolute Gasteiger partial charge is 0.230 e. The Labute approximate surface area is 96.8 Å². The zero-order valence-corrected chi connectivity index (χ0v) is 10.4. The van der Waals surface area contributed by atoms with Crippen molar-refractivity contribution < 1.29 is 4.42 Å². The summed E-state index contributed by atoms with van der Waals surface area (Å²) in [7, 11) is 0. The van der Waals surface area contributed by atoms with Crippen molar-refractivity contribution in [1.82, 2.24) is 15.5 Å². The van der Waals surface area contributed by atoms with E-state index in [9.17, 15) is 0 Å². The van der Waals surface area contributed by atoms with Crippen molar-refractivity contribution in [2.45, 2.75) is 52.6 Å². The molecule has 4 nitrogen and oxygen atoms in total. The van der Waals surface area contributed by atoms with Gasteiger partial charge in [0.25, 0.3) is 0 Å². The summed E-state index contributed by atoms with van der Waals surface area (Å²) in [4.78, 5) is 0. The van der Waals surface area contributed by atoms with Crippen LogP contribution in [0.2, 0.25) is 0 Å². The van der Waals surface area contributed by atoms with Gasteiger partial charge in [0.2, 0.25) is 11.8 Å². The van der Waals surface area contributed by atoms with Crippen LogP contribution < -0.4 is 5.32 Å². The molecule has 1 heterocycles. The van der Waals surface area contributed by atoms with Gasteiger partial charge in [-0.3, -0.25) is 0 Å². The molecule has 4 heteroatoms. The van der Waals surface area contributed by atoms with Crippen LogP contribution >= 0.6 is 0 Å². The van der Waals surface area contributed by atoms with E-state index in [-0.39, 0.29) is 0 Å². The first kappa shape index (κ1) is 11.6. The average molecular weight is 223 g/mol. The van der Waals surface area contributed by atoms with Gasteiger partial charge in [0.05, 0.1) is 6.54 Å². The molecule has 16 heavy (non-hydrogen) atoms. The minimum atomic E-state index is 0.610.